The van der Waals surface area contributed by atoms with Gasteiger partial charge in [-0.15, -0.1) is 22.7 Å². The number of fused-ring (bicyclic) bond motifs is 16. The lowest BCUT2D eigenvalue weighted by Gasteiger charge is -2.48. The fourth-order valence-corrected chi connectivity index (χ4v) is 13.4. The van der Waals surface area contributed by atoms with Crippen LogP contribution in [0.1, 0.15) is 62.5 Å². The predicted molar refractivity (Wildman–Crippen MR) is 260 cm³/mol. The number of hydrogen-bond acceptors (Lipinski definition) is 6. The van der Waals surface area contributed by atoms with Gasteiger partial charge in [0.1, 0.15) is 0 Å². The van der Waals surface area contributed by atoms with Crippen molar-refractivity contribution >= 4 is 74.2 Å². The Bertz CT molecular complexity index is 2970. The van der Waals surface area contributed by atoms with Crippen molar-refractivity contribution in [3.8, 4) is 0 Å². The van der Waals surface area contributed by atoms with Gasteiger partial charge >= 0.3 is 0 Å². The average molecular weight is 842 g/mol. The smallest absolute Gasteiger partial charge is 0.0875 e. The highest BCUT2D eigenvalue weighted by atomic mass is 32.2. The first-order valence-electron chi connectivity index (χ1n) is 21.0. The van der Waals surface area contributed by atoms with Gasteiger partial charge in [0.15, 0.2) is 0 Å². The van der Waals surface area contributed by atoms with Gasteiger partial charge in [0.25, 0.3) is 0 Å². The second kappa shape index (κ2) is 15.0. The van der Waals surface area contributed by atoms with Crippen LogP contribution >= 0.6 is 34.4 Å². The molecule has 0 bridgehead atoms. The van der Waals surface area contributed by atoms with Crippen LogP contribution in [0.5, 0.6) is 0 Å². The Balaban J connectivity index is 0.000000136. The van der Waals surface area contributed by atoms with Crippen molar-refractivity contribution in [2.75, 3.05) is 15.5 Å². The molecule has 0 radical (unpaired) electrons. The Morgan fingerprint density at radius 3 is 1.28 bits per heavy atom. The van der Waals surface area contributed by atoms with Crippen LogP contribution < -0.4 is 15.5 Å². The van der Waals surface area contributed by atoms with Gasteiger partial charge < -0.3 is 15.5 Å². The summed E-state index contributed by atoms with van der Waals surface area (Å²) < 4.78 is 0. The predicted octanol–water partition coefficient (Wildman–Crippen LogP) is 16.0. The van der Waals surface area contributed by atoms with E-state index < -0.39 is 0 Å². The van der Waals surface area contributed by atoms with Crippen molar-refractivity contribution in [1.82, 2.24) is 0 Å². The number of anilines is 7. The number of hydrogen-bond donors (Lipinski definition) is 2. The monoisotopic (exact) mass is 841 g/mol. The molecule has 2 aromatic heterocycles. The third-order valence-electron chi connectivity index (χ3n) is 12.4. The van der Waals surface area contributed by atoms with Crippen molar-refractivity contribution in [2.45, 2.75) is 41.4 Å². The van der Waals surface area contributed by atoms with Crippen LogP contribution in [0.2, 0.25) is 0 Å². The molecule has 7 aromatic carbocycles. The molecule has 4 aliphatic heterocycles. The van der Waals surface area contributed by atoms with E-state index in [9.17, 15) is 0 Å². The summed E-state index contributed by atoms with van der Waals surface area (Å²) in [4.78, 5) is 7.86. The lowest BCUT2D eigenvalue weighted by atomic mass is 9.63. The number of rotatable bonds is 1. The van der Waals surface area contributed by atoms with Crippen molar-refractivity contribution in [3.63, 3.8) is 0 Å². The summed E-state index contributed by atoms with van der Waals surface area (Å²) in [6.07, 6.45) is 0. The maximum Gasteiger partial charge on any atom is 0.0875 e. The van der Waals surface area contributed by atoms with Crippen LogP contribution in [0.4, 0.5) is 39.8 Å². The molecule has 296 valence electrons. The molecule has 0 atom stereocenters. The van der Waals surface area contributed by atoms with Gasteiger partial charge in [-0.2, -0.15) is 0 Å². The molecule has 3 nitrogen and oxygen atoms in total. The SMILES string of the molecule is CC.Cc1ccc(N2c3ccccc3C3(c4ccccc4Nc4ccsc43)c3ccccc32)cc1.c1ccc2c(c1)Nc1ccsc1C21c2ccccc2Sc2ccccc21. The quantitative estimate of drug-likeness (QED) is 0.172. The molecular weight excluding hydrogens is 799 g/mol. The van der Waals surface area contributed by atoms with Crippen molar-refractivity contribution in [3.05, 3.63) is 241 Å². The van der Waals surface area contributed by atoms with Crippen LogP contribution in [-0.4, -0.2) is 0 Å². The molecule has 0 amide bonds. The van der Waals surface area contributed by atoms with Gasteiger partial charge in [0, 0.05) is 36.6 Å². The van der Waals surface area contributed by atoms with Gasteiger partial charge in [-0.05, 0) is 112 Å². The van der Waals surface area contributed by atoms with Gasteiger partial charge in [-0.3, -0.25) is 0 Å². The summed E-state index contributed by atoms with van der Waals surface area (Å²) >= 11 is 5.58. The number of thiophene rings is 2. The molecule has 9 aromatic rings. The Kier molecular flexibility index (Phi) is 9.26. The van der Waals surface area contributed by atoms with Gasteiger partial charge in [0.05, 0.1) is 33.6 Å². The van der Waals surface area contributed by atoms with Gasteiger partial charge in [-0.25, -0.2) is 0 Å². The summed E-state index contributed by atoms with van der Waals surface area (Å²) in [5, 5.41) is 11.8. The van der Waals surface area contributed by atoms with E-state index in [0.717, 1.165) is 0 Å². The maximum atomic E-state index is 3.70. The number of nitrogens with one attached hydrogen (secondary N) is 2. The van der Waals surface area contributed by atoms with E-state index >= 15 is 0 Å². The van der Waals surface area contributed by atoms with Crippen LogP contribution in [0.15, 0.2) is 203 Å². The van der Waals surface area contributed by atoms with Gasteiger partial charge in [-0.1, -0.05) is 153 Å². The zero-order valence-electron chi connectivity index (χ0n) is 34.1. The summed E-state index contributed by atoms with van der Waals surface area (Å²) in [6.45, 7) is 6.14. The van der Waals surface area contributed by atoms with E-state index in [0.29, 0.717) is 0 Å². The molecule has 6 heteroatoms. The Morgan fingerprint density at radius 2 is 0.787 bits per heavy atom. The first-order valence-corrected chi connectivity index (χ1v) is 23.6. The van der Waals surface area contributed by atoms with E-state index in [1.54, 1.807) is 0 Å². The summed E-state index contributed by atoms with van der Waals surface area (Å²) in [7, 11) is 0. The second-order valence-electron chi connectivity index (χ2n) is 15.5. The van der Waals surface area contributed by atoms with Crippen LogP contribution in [0.25, 0.3) is 0 Å². The zero-order chi connectivity index (χ0) is 41.1. The summed E-state index contributed by atoms with van der Waals surface area (Å²) in [5.41, 5.74) is 17.2. The summed E-state index contributed by atoms with van der Waals surface area (Å²) in [5.74, 6) is 0. The van der Waals surface area contributed by atoms with Crippen LogP contribution in [-0.2, 0) is 10.8 Å². The van der Waals surface area contributed by atoms with E-state index in [4.69, 9.17) is 0 Å². The molecule has 2 spiro atoms. The molecule has 13 rings (SSSR count). The Hall–Kier alpha value is -6.31. The molecule has 0 saturated heterocycles. The highest BCUT2D eigenvalue weighted by Gasteiger charge is 2.52. The number of para-hydroxylation sites is 4. The third kappa shape index (κ3) is 5.49. The fourth-order valence-electron chi connectivity index (χ4n) is 10.1. The van der Waals surface area contributed by atoms with Crippen LogP contribution in [0.3, 0.4) is 0 Å². The van der Waals surface area contributed by atoms with Crippen molar-refractivity contribution < 1.29 is 0 Å². The van der Waals surface area contributed by atoms with E-state index in [1.165, 1.54) is 98.3 Å². The van der Waals surface area contributed by atoms with E-state index in [2.05, 4.69) is 215 Å². The molecule has 4 aliphatic rings. The fraction of sp³-hybridized carbons (Fsp3) is 0.0909. The molecule has 0 unspecified atom stereocenters. The van der Waals surface area contributed by atoms with Crippen LogP contribution in [0, 0.1) is 6.92 Å². The van der Waals surface area contributed by atoms with Crippen molar-refractivity contribution in [1.29, 1.82) is 0 Å². The zero-order valence-corrected chi connectivity index (χ0v) is 36.6. The van der Waals surface area contributed by atoms with E-state index in [-0.39, 0.29) is 10.8 Å². The average Bonchev–Trinajstić information content (AvgIpc) is 4.01. The highest BCUT2D eigenvalue weighted by molar-refractivity contribution is 7.99. The molecule has 0 saturated carbocycles. The topological polar surface area (TPSA) is 27.3 Å². The third-order valence-corrected chi connectivity index (χ3v) is 15.6. The van der Waals surface area contributed by atoms with E-state index in [1.807, 2.05) is 48.3 Å². The minimum Gasteiger partial charge on any atom is -0.354 e. The summed E-state index contributed by atoms with van der Waals surface area (Å²) in [6, 6.07) is 66.5. The Labute approximate surface area is 370 Å². The van der Waals surface area contributed by atoms with Crippen molar-refractivity contribution in [2.24, 2.45) is 0 Å². The molecule has 61 heavy (non-hydrogen) atoms. The molecule has 0 fully saturated rings. The molecule has 6 heterocycles. The normalized spacial score (nSPS) is 14.6. The Morgan fingerprint density at radius 1 is 0.393 bits per heavy atom. The largest absolute Gasteiger partial charge is 0.354 e. The molecular formula is C55H43N3S3. The minimum atomic E-state index is -0.361. The molecule has 0 aliphatic carbocycles. The standard InChI is InChI=1S/C30H22N2S.C23H15NS2.C2H6/c1-20-14-16-21(17-15-20)32-27-12-6-3-9-23(27)30(24-10-4-7-13-28(24)32)22-8-2-5-11-25(22)31-26-18-19-33-29(26)30;1-4-10-18-15(7-1)23(22-19(24-18)13-14-25-22)16-8-2-5-11-20(16)26-21-12-6-3-9-17(21)23;1-2/h2-19,31H,1H3;1-14,24H;1-2H3. The maximum absolute atomic E-state index is 3.70. The lowest BCUT2D eigenvalue weighted by molar-refractivity contribution is 0.714. The number of aryl methyl sites for hydroxylation is 1. The number of nitrogens with zero attached hydrogens (tertiary/aromatic N) is 1. The lowest BCUT2D eigenvalue weighted by Crippen LogP contribution is -2.39. The first-order chi connectivity index (χ1) is 30.2. The second-order valence-corrected chi connectivity index (χ2v) is 18.4. The molecule has 2 N–H and O–H groups in total. The van der Waals surface area contributed by atoms with Gasteiger partial charge in [0.2, 0.25) is 0 Å². The minimum absolute atomic E-state index is 0.246. The highest BCUT2D eigenvalue weighted by Crippen LogP contribution is 2.64. The first kappa shape index (κ1) is 37.7. The number of benzene rings is 7.